The fourth-order valence-corrected chi connectivity index (χ4v) is 3.63. The summed E-state index contributed by atoms with van der Waals surface area (Å²) in [6, 6.07) is 10.3. The minimum absolute atomic E-state index is 0.255. The predicted molar refractivity (Wildman–Crippen MR) is 97.5 cm³/mol. The molecule has 4 rings (SSSR count). The number of rotatable bonds is 4. The van der Waals surface area contributed by atoms with Crippen LogP contribution in [0.5, 0.6) is 0 Å². The molecule has 3 heterocycles. The quantitative estimate of drug-likeness (QED) is 0.697. The van der Waals surface area contributed by atoms with Crippen LogP contribution in [-0.4, -0.2) is 42.9 Å². The molecule has 2 aromatic heterocycles. The van der Waals surface area contributed by atoms with Gasteiger partial charge < -0.3 is 9.42 Å². The van der Waals surface area contributed by atoms with Crippen molar-refractivity contribution < 1.29 is 12.9 Å². The Kier molecular flexibility index (Phi) is 4.20. The molecule has 1 aliphatic rings. The van der Waals surface area contributed by atoms with Crippen molar-refractivity contribution in [1.29, 1.82) is 0 Å². The zero-order chi connectivity index (χ0) is 18.1. The molecule has 0 atom stereocenters. The summed E-state index contributed by atoms with van der Waals surface area (Å²) in [6.07, 6.45) is 5.32. The predicted octanol–water partition coefficient (Wildman–Crippen LogP) is 2.80. The monoisotopic (exact) mass is 370 g/mol. The first-order valence-electron chi connectivity index (χ1n) is 8.36. The number of aromatic nitrogens is 3. The number of nitrogens with zero attached hydrogens (tertiary/aromatic N) is 4. The van der Waals surface area contributed by atoms with Gasteiger partial charge in [-0.2, -0.15) is 4.98 Å². The molecule has 26 heavy (non-hydrogen) atoms. The minimum atomic E-state index is -3.23. The van der Waals surface area contributed by atoms with Crippen LogP contribution in [0.25, 0.3) is 23.0 Å². The van der Waals surface area contributed by atoms with Crippen LogP contribution in [0.15, 0.2) is 52.0 Å². The van der Waals surface area contributed by atoms with Gasteiger partial charge in [-0.25, -0.2) is 8.42 Å². The van der Waals surface area contributed by atoms with Crippen molar-refractivity contribution in [2.24, 2.45) is 0 Å². The van der Waals surface area contributed by atoms with E-state index in [9.17, 15) is 8.42 Å². The molecule has 7 nitrogen and oxygen atoms in total. The third kappa shape index (κ3) is 3.32. The van der Waals surface area contributed by atoms with E-state index in [2.05, 4.69) is 20.0 Å². The van der Waals surface area contributed by atoms with Crippen LogP contribution in [0.4, 0.5) is 5.69 Å². The SMILES string of the molecule is CS(=O)(=O)c1ccc(-c2noc(-c3cc(N4CCCC4)ccn3)n2)cc1. The van der Waals surface area contributed by atoms with Gasteiger partial charge in [-0.05, 0) is 49.2 Å². The van der Waals surface area contributed by atoms with Crippen LogP contribution in [0.2, 0.25) is 0 Å². The third-order valence-corrected chi connectivity index (χ3v) is 5.53. The smallest absolute Gasteiger partial charge is 0.276 e. The first kappa shape index (κ1) is 16.7. The Morgan fingerprint density at radius 3 is 2.50 bits per heavy atom. The second-order valence-corrected chi connectivity index (χ2v) is 8.33. The first-order valence-corrected chi connectivity index (χ1v) is 10.3. The summed E-state index contributed by atoms with van der Waals surface area (Å²) in [5, 5.41) is 3.99. The summed E-state index contributed by atoms with van der Waals surface area (Å²) >= 11 is 0. The number of benzene rings is 1. The summed E-state index contributed by atoms with van der Waals surface area (Å²) in [5.74, 6) is 0.738. The van der Waals surface area contributed by atoms with Gasteiger partial charge in [-0.3, -0.25) is 4.98 Å². The average molecular weight is 370 g/mol. The lowest BCUT2D eigenvalue weighted by atomic mass is 10.2. The van der Waals surface area contributed by atoms with E-state index in [0.717, 1.165) is 18.8 Å². The van der Waals surface area contributed by atoms with Crippen LogP contribution >= 0.6 is 0 Å². The lowest BCUT2D eigenvalue weighted by molar-refractivity contribution is 0.431. The Hall–Kier alpha value is -2.74. The Bertz CT molecular complexity index is 1020. The normalized spacial score (nSPS) is 14.7. The first-order chi connectivity index (χ1) is 12.5. The van der Waals surface area contributed by atoms with Gasteiger partial charge in [-0.1, -0.05) is 5.16 Å². The maximum Gasteiger partial charge on any atom is 0.276 e. The Morgan fingerprint density at radius 1 is 1.08 bits per heavy atom. The van der Waals surface area contributed by atoms with Crippen molar-refractivity contribution in [2.75, 3.05) is 24.2 Å². The molecule has 0 amide bonds. The van der Waals surface area contributed by atoms with E-state index in [4.69, 9.17) is 4.52 Å². The number of sulfone groups is 1. The largest absolute Gasteiger partial charge is 0.371 e. The molecule has 0 saturated carbocycles. The van der Waals surface area contributed by atoms with Crippen molar-refractivity contribution in [3.8, 4) is 23.0 Å². The van der Waals surface area contributed by atoms with Gasteiger partial charge >= 0.3 is 0 Å². The number of hydrogen-bond acceptors (Lipinski definition) is 7. The van der Waals surface area contributed by atoms with Crippen molar-refractivity contribution in [2.45, 2.75) is 17.7 Å². The molecular weight excluding hydrogens is 352 g/mol. The van der Waals surface area contributed by atoms with Crippen LogP contribution in [-0.2, 0) is 9.84 Å². The van der Waals surface area contributed by atoms with Crippen LogP contribution in [0, 0.1) is 0 Å². The van der Waals surface area contributed by atoms with E-state index >= 15 is 0 Å². The average Bonchev–Trinajstić information content (AvgIpc) is 3.33. The van der Waals surface area contributed by atoms with E-state index < -0.39 is 9.84 Å². The van der Waals surface area contributed by atoms with Gasteiger partial charge in [0.1, 0.15) is 5.69 Å². The minimum Gasteiger partial charge on any atom is -0.371 e. The van der Waals surface area contributed by atoms with Crippen molar-refractivity contribution in [1.82, 2.24) is 15.1 Å². The fraction of sp³-hybridized carbons (Fsp3) is 0.278. The van der Waals surface area contributed by atoms with E-state index in [1.807, 2.05) is 12.1 Å². The van der Waals surface area contributed by atoms with Gasteiger partial charge in [0.25, 0.3) is 5.89 Å². The van der Waals surface area contributed by atoms with Crippen LogP contribution in [0.3, 0.4) is 0 Å². The highest BCUT2D eigenvalue weighted by atomic mass is 32.2. The lowest BCUT2D eigenvalue weighted by Gasteiger charge is -2.17. The molecule has 3 aromatic rings. The molecule has 134 valence electrons. The van der Waals surface area contributed by atoms with Gasteiger partial charge in [0, 0.05) is 36.8 Å². The van der Waals surface area contributed by atoms with Gasteiger partial charge in [0.15, 0.2) is 9.84 Å². The molecule has 8 heteroatoms. The van der Waals surface area contributed by atoms with E-state index in [-0.39, 0.29) is 4.90 Å². The fourth-order valence-electron chi connectivity index (χ4n) is 3.00. The molecule has 0 unspecified atom stereocenters. The van der Waals surface area contributed by atoms with Crippen LogP contribution < -0.4 is 4.90 Å². The summed E-state index contributed by atoms with van der Waals surface area (Å²) in [4.78, 5) is 11.3. The van der Waals surface area contributed by atoms with E-state index in [0.29, 0.717) is 23.0 Å². The van der Waals surface area contributed by atoms with Crippen LogP contribution in [0.1, 0.15) is 12.8 Å². The van der Waals surface area contributed by atoms with Crippen molar-refractivity contribution >= 4 is 15.5 Å². The van der Waals surface area contributed by atoms with Gasteiger partial charge in [0.2, 0.25) is 5.82 Å². The zero-order valence-electron chi connectivity index (χ0n) is 14.3. The summed E-state index contributed by atoms with van der Waals surface area (Å²) in [5.41, 5.74) is 2.41. The Balaban J connectivity index is 1.61. The summed E-state index contributed by atoms with van der Waals surface area (Å²) < 4.78 is 28.5. The molecule has 1 aliphatic heterocycles. The molecule has 1 fully saturated rings. The molecular formula is C18H18N4O3S. The molecule has 0 N–H and O–H groups in total. The molecule has 0 aliphatic carbocycles. The number of hydrogen-bond donors (Lipinski definition) is 0. The zero-order valence-corrected chi connectivity index (χ0v) is 15.1. The van der Waals surface area contributed by atoms with E-state index in [1.165, 1.54) is 31.2 Å². The maximum absolute atomic E-state index is 11.5. The number of anilines is 1. The van der Waals surface area contributed by atoms with Gasteiger partial charge in [-0.15, -0.1) is 0 Å². The van der Waals surface area contributed by atoms with Crippen molar-refractivity contribution in [3.05, 3.63) is 42.6 Å². The highest BCUT2D eigenvalue weighted by Gasteiger charge is 2.16. The lowest BCUT2D eigenvalue weighted by Crippen LogP contribution is -2.17. The number of pyridine rings is 1. The maximum atomic E-state index is 11.5. The Morgan fingerprint density at radius 2 is 1.81 bits per heavy atom. The molecule has 0 radical (unpaired) electrons. The second-order valence-electron chi connectivity index (χ2n) is 6.31. The molecule has 1 saturated heterocycles. The third-order valence-electron chi connectivity index (χ3n) is 4.40. The summed E-state index contributed by atoms with van der Waals surface area (Å²) in [7, 11) is -3.23. The topological polar surface area (TPSA) is 89.2 Å². The standard InChI is InChI=1S/C18H18N4O3S/c1-26(23,24)15-6-4-13(5-7-15)17-20-18(25-21-17)16-12-14(8-9-19-16)22-10-2-3-11-22/h4-9,12H,2-3,10-11H2,1H3. The summed E-state index contributed by atoms with van der Waals surface area (Å²) in [6.45, 7) is 2.09. The highest BCUT2D eigenvalue weighted by Crippen LogP contribution is 2.26. The molecule has 1 aromatic carbocycles. The van der Waals surface area contributed by atoms with Crippen molar-refractivity contribution in [3.63, 3.8) is 0 Å². The van der Waals surface area contributed by atoms with Gasteiger partial charge in [0.05, 0.1) is 4.90 Å². The second kappa shape index (κ2) is 6.53. The molecule has 0 spiro atoms. The Labute approximate surface area is 151 Å². The van der Waals surface area contributed by atoms with E-state index in [1.54, 1.807) is 18.3 Å². The molecule has 0 bridgehead atoms. The highest BCUT2D eigenvalue weighted by molar-refractivity contribution is 7.90.